The highest BCUT2D eigenvalue weighted by Crippen LogP contribution is 2.17. The minimum absolute atomic E-state index is 0.111. The second-order valence-electron chi connectivity index (χ2n) is 3.45. The second kappa shape index (κ2) is 4.91. The number of furan rings is 1. The summed E-state index contributed by atoms with van der Waals surface area (Å²) in [5.74, 6) is 1.50. The second-order valence-corrected chi connectivity index (χ2v) is 3.45. The smallest absolute Gasteiger partial charge is 0.293 e. The Morgan fingerprint density at radius 3 is 3.06 bits per heavy atom. The molecule has 0 aliphatic heterocycles. The van der Waals surface area contributed by atoms with Crippen molar-refractivity contribution in [3.05, 3.63) is 24.2 Å². The van der Waals surface area contributed by atoms with Crippen LogP contribution in [0.2, 0.25) is 0 Å². The van der Waals surface area contributed by atoms with Gasteiger partial charge in [-0.05, 0) is 19.2 Å². The summed E-state index contributed by atoms with van der Waals surface area (Å²) >= 11 is 0. The molecule has 2 aromatic heterocycles. The van der Waals surface area contributed by atoms with E-state index >= 15 is 0 Å². The highest BCUT2D eigenvalue weighted by atomic mass is 16.5. The van der Waals surface area contributed by atoms with Crippen LogP contribution in [0.3, 0.4) is 0 Å². The van der Waals surface area contributed by atoms with Gasteiger partial charge in [-0.1, -0.05) is 5.16 Å². The normalized spacial score (nSPS) is 11.2. The first kappa shape index (κ1) is 10.8. The molecule has 0 aliphatic carbocycles. The van der Waals surface area contributed by atoms with Gasteiger partial charge in [-0.3, -0.25) is 4.90 Å². The summed E-state index contributed by atoms with van der Waals surface area (Å²) < 4.78 is 10.2. The van der Waals surface area contributed by atoms with Gasteiger partial charge in [-0.2, -0.15) is 4.98 Å². The lowest BCUT2D eigenvalue weighted by atomic mass is 10.4. The predicted molar refractivity (Wildman–Crippen MR) is 55.4 cm³/mol. The zero-order chi connectivity index (χ0) is 11.4. The third-order valence-corrected chi connectivity index (χ3v) is 2.09. The third kappa shape index (κ3) is 2.47. The van der Waals surface area contributed by atoms with Crippen molar-refractivity contribution in [2.45, 2.75) is 6.54 Å². The Hall–Kier alpha value is -1.66. The minimum atomic E-state index is 0.111. The Kier molecular flexibility index (Phi) is 3.33. The van der Waals surface area contributed by atoms with Crippen LogP contribution in [0.1, 0.15) is 5.82 Å². The van der Waals surface area contributed by atoms with Gasteiger partial charge in [-0.15, -0.1) is 0 Å². The Labute approximate surface area is 92.5 Å². The third-order valence-electron chi connectivity index (χ3n) is 2.09. The first-order chi connectivity index (χ1) is 7.79. The van der Waals surface area contributed by atoms with Crippen molar-refractivity contribution in [1.82, 2.24) is 15.0 Å². The monoisotopic (exact) mass is 223 g/mol. The van der Waals surface area contributed by atoms with Crippen LogP contribution in [0.4, 0.5) is 0 Å². The maximum absolute atomic E-state index is 8.75. The van der Waals surface area contributed by atoms with E-state index in [0.29, 0.717) is 30.6 Å². The van der Waals surface area contributed by atoms with E-state index in [0.717, 1.165) is 0 Å². The molecule has 0 radical (unpaired) electrons. The fourth-order valence-corrected chi connectivity index (χ4v) is 1.31. The van der Waals surface area contributed by atoms with E-state index in [-0.39, 0.29) is 6.61 Å². The lowest BCUT2D eigenvalue weighted by molar-refractivity contribution is 0.213. The average molecular weight is 223 g/mol. The van der Waals surface area contributed by atoms with Gasteiger partial charge < -0.3 is 14.0 Å². The number of rotatable bonds is 5. The Morgan fingerprint density at radius 2 is 2.38 bits per heavy atom. The SMILES string of the molecule is CN(CCO)Cc1noc(-c2ccco2)n1. The molecule has 0 aliphatic rings. The van der Waals surface area contributed by atoms with Gasteiger partial charge in [0.25, 0.3) is 5.89 Å². The number of likely N-dealkylation sites (N-methyl/N-ethyl adjacent to an activating group) is 1. The van der Waals surface area contributed by atoms with Crippen molar-refractivity contribution in [3.63, 3.8) is 0 Å². The summed E-state index contributed by atoms with van der Waals surface area (Å²) in [7, 11) is 1.87. The van der Waals surface area contributed by atoms with Crippen LogP contribution in [0.15, 0.2) is 27.3 Å². The number of hydrogen-bond acceptors (Lipinski definition) is 6. The van der Waals surface area contributed by atoms with E-state index in [1.54, 1.807) is 18.4 Å². The van der Waals surface area contributed by atoms with E-state index in [2.05, 4.69) is 10.1 Å². The molecule has 6 heteroatoms. The molecule has 0 saturated heterocycles. The molecule has 0 atom stereocenters. The highest BCUT2D eigenvalue weighted by molar-refractivity contribution is 5.42. The topological polar surface area (TPSA) is 75.5 Å². The van der Waals surface area contributed by atoms with Crippen LogP contribution in [0, 0.1) is 0 Å². The van der Waals surface area contributed by atoms with Gasteiger partial charge in [0.05, 0.1) is 19.4 Å². The maximum Gasteiger partial charge on any atom is 0.293 e. The summed E-state index contributed by atoms with van der Waals surface area (Å²) in [6.45, 7) is 1.22. The zero-order valence-electron chi connectivity index (χ0n) is 8.96. The van der Waals surface area contributed by atoms with Crippen LogP contribution in [0.25, 0.3) is 11.7 Å². The molecular weight excluding hydrogens is 210 g/mol. The highest BCUT2D eigenvalue weighted by Gasteiger charge is 2.11. The average Bonchev–Trinajstić information content (AvgIpc) is 2.86. The van der Waals surface area contributed by atoms with Crippen LogP contribution in [-0.4, -0.2) is 40.3 Å². The zero-order valence-corrected chi connectivity index (χ0v) is 8.96. The van der Waals surface area contributed by atoms with Crippen molar-refractivity contribution in [1.29, 1.82) is 0 Å². The molecule has 1 N–H and O–H groups in total. The molecule has 86 valence electrons. The standard InChI is InChI=1S/C10H13N3O3/c1-13(4-5-14)7-9-11-10(16-12-9)8-3-2-6-15-8/h2-3,6,14H,4-5,7H2,1H3. The van der Waals surface area contributed by atoms with Crippen LogP contribution in [0.5, 0.6) is 0 Å². The maximum atomic E-state index is 8.75. The Bertz CT molecular complexity index is 424. The molecule has 2 heterocycles. The molecule has 16 heavy (non-hydrogen) atoms. The number of aliphatic hydroxyl groups excluding tert-OH is 1. The van der Waals surface area contributed by atoms with E-state index in [1.807, 2.05) is 11.9 Å². The molecule has 2 rings (SSSR count). The molecule has 6 nitrogen and oxygen atoms in total. The first-order valence-electron chi connectivity index (χ1n) is 4.95. The number of nitrogens with zero attached hydrogens (tertiary/aromatic N) is 3. The van der Waals surface area contributed by atoms with Crippen molar-refractivity contribution in [3.8, 4) is 11.7 Å². The molecule has 0 amide bonds. The van der Waals surface area contributed by atoms with E-state index in [4.69, 9.17) is 14.0 Å². The van der Waals surface area contributed by atoms with Crippen molar-refractivity contribution in [2.24, 2.45) is 0 Å². The van der Waals surface area contributed by atoms with Gasteiger partial charge >= 0.3 is 0 Å². The molecule has 0 fully saturated rings. The van der Waals surface area contributed by atoms with Gasteiger partial charge in [0.2, 0.25) is 0 Å². The van der Waals surface area contributed by atoms with Crippen LogP contribution >= 0.6 is 0 Å². The number of aliphatic hydroxyl groups is 1. The summed E-state index contributed by atoms with van der Waals surface area (Å²) in [6, 6.07) is 3.52. The lowest BCUT2D eigenvalue weighted by Crippen LogP contribution is -2.22. The van der Waals surface area contributed by atoms with Crippen molar-refractivity contribution < 1.29 is 14.0 Å². The van der Waals surface area contributed by atoms with E-state index < -0.39 is 0 Å². The quantitative estimate of drug-likeness (QED) is 0.806. The molecule has 0 bridgehead atoms. The molecular formula is C10H13N3O3. The van der Waals surface area contributed by atoms with Crippen molar-refractivity contribution >= 4 is 0 Å². The molecule has 0 saturated carbocycles. The van der Waals surface area contributed by atoms with Crippen LogP contribution < -0.4 is 0 Å². The minimum Gasteiger partial charge on any atom is -0.459 e. The number of hydrogen-bond donors (Lipinski definition) is 1. The molecule has 0 spiro atoms. The molecule has 0 unspecified atom stereocenters. The van der Waals surface area contributed by atoms with Gasteiger partial charge in [0.15, 0.2) is 11.6 Å². The van der Waals surface area contributed by atoms with E-state index in [9.17, 15) is 0 Å². The van der Waals surface area contributed by atoms with Gasteiger partial charge in [0, 0.05) is 6.54 Å². The first-order valence-corrected chi connectivity index (χ1v) is 4.95. The summed E-state index contributed by atoms with van der Waals surface area (Å²) in [6.07, 6.45) is 1.55. The molecule has 2 aromatic rings. The van der Waals surface area contributed by atoms with Gasteiger partial charge in [-0.25, -0.2) is 0 Å². The van der Waals surface area contributed by atoms with Crippen molar-refractivity contribution in [2.75, 3.05) is 20.2 Å². The summed E-state index contributed by atoms with van der Waals surface area (Å²) in [5.41, 5.74) is 0. The fraction of sp³-hybridized carbons (Fsp3) is 0.400. The largest absolute Gasteiger partial charge is 0.459 e. The Balaban J connectivity index is 2.03. The predicted octanol–water partition coefficient (Wildman–Crippen LogP) is 0.754. The van der Waals surface area contributed by atoms with Gasteiger partial charge in [0.1, 0.15) is 0 Å². The number of aromatic nitrogens is 2. The van der Waals surface area contributed by atoms with Crippen LogP contribution in [-0.2, 0) is 6.54 Å². The summed E-state index contributed by atoms with van der Waals surface area (Å²) in [5, 5.41) is 12.6. The van der Waals surface area contributed by atoms with E-state index in [1.165, 1.54) is 0 Å². The fourth-order valence-electron chi connectivity index (χ4n) is 1.31. The summed E-state index contributed by atoms with van der Waals surface area (Å²) in [4.78, 5) is 6.08. The lowest BCUT2D eigenvalue weighted by Gasteiger charge is -2.11. The molecule has 0 aromatic carbocycles. The Morgan fingerprint density at radius 1 is 1.50 bits per heavy atom.